The van der Waals surface area contributed by atoms with Gasteiger partial charge in [0.15, 0.2) is 0 Å². The molecule has 27 heavy (non-hydrogen) atoms. The summed E-state index contributed by atoms with van der Waals surface area (Å²) in [5.41, 5.74) is 3.17. The molecule has 1 atom stereocenters. The zero-order valence-electron chi connectivity index (χ0n) is 14.4. The summed E-state index contributed by atoms with van der Waals surface area (Å²) in [6.45, 7) is 0.113. The van der Waals surface area contributed by atoms with Gasteiger partial charge in [0.25, 0.3) is 5.91 Å². The number of benzene rings is 2. The molecule has 1 fully saturated rings. The molecule has 0 aliphatic carbocycles. The summed E-state index contributed by atoms with van der Waals surface area (Å²) in [6, 6.07) is 15.7. The van der Waals surface area contributed by atoms with Gasteiger partial charge in [0.2, 0.25) is 0 Å². The van der Waals surface area contributed by atoms with Crippen molar-refractivity contribution in [1.29, 1.82) is 5.26 Å². The number of nitrogens with one attached hydrogen (secondary N) is 2. The summed E-state index contributed by atoms with van der Waals surface area (Å²) < 4.78 is 5.20. The number of amides is 3. The van der Waals surface area contributed by atoms with E-state index in [1.807, 2.05) is 42.5 Å². The molecule has 2 aromatic carbocycles. The SMILES string of the molecule is N#Cc1ccccc1-c1ccc(COC(=O)CC[C@@H]2NC(=O)NC2=O)cc1. The molecule has 0 unspecified atom stereocenters. The number of nitriles is 1. The van der Waals surface area contributed by atoms with E-state index >= 15 is 0 Å². The van der Waals surface area contributed by atoms with Gasteiger partial charge >= 0.3 is 12.0 Å². The Morgan fingerprint density at radius 2 is 1.85 bits per heavy atom. The first-order chi connectivity index (χ1) is 13.1. The molecule has 1 saturated heterocycles. The van der Waals surface area contributed by atoms with Crippen molar-refractivity contribution in [2.75, 3.05) is 0 Å². The molecular formula is C20H17N3O4. The smallest absolute Gasteiger partial charge is 0.322 e. The predicted molar refractivity (Wildman–Crippen MR) is 96.1 cm³/mol. The maximum atomic E-state index is 11.8. The first-order valence-corrected chi connectivity index (χ1v) is 8.42. The maximum Gasteiger partial charge on any atom is 0.322 e. The Morgan fingerprint density at radius 1 is 1.11 bits per heavy atom. The molecule has 1 aliphatic rings. The van der Waals surface area contributed by atoms with Crippen LogP contribution in [0.25, 0.3) is 11.1 Å². The topological polar surface area (TPSA) is 108 Å². The third kappa shape index (κ3) is 4.50. The number of hydrogen-bond acceptors (Lipinski definition) is 5. The Hall–Kier alpha value is -3.66. The number of rotatable bonds is 6. The Balaban J connectivity index is 1.51. The Kier molecular flexibility index (Phi) is 5.47. The van der Waals surface area contributed by atoms with Gasteiger partial charge in [0.1, 0.15) is 12.6 Å². The Labute approximate surface area is 155 Å². The Morgan fingerprint density at radius 3 is 2.52 bits per heavy atom. The van der Waals surface area contributed by atoms with Gasteiger partial charge in [-0.2, -0.15) is 5.26 Å². The van der Waals surface area contributed by atoms with Gasteiger partial charge in [0.05, 0.1) is 11.6 Å². The largest absolute Gasteiger partial charge is 0.461 e. The minimum Gasteiger partial charge on any atom is -0.461 e. The van der Waals surface area contributed by atoms with Crippen LogP contribution in [0.5, 0.6) is 0 Å². The number of carbonyl (C=O) groups is 3. The van der Waals surface area contributed by atoms with Crippen LogP contribution < -0.4 is 10.6 Å². The number of esters is 1. The second-order valence-electron chi connectivity index (χ2n) is 6.07. The molecule has 0 saturated carbocycles. The molecule has 136 valence electrons. The number of hydrogen-bond donors (Lipinski definition) is 2. The van der Waals surface area contributed by atoms with Gasteiger partial charge in [-0.3, -0.25) is 14.9 Å². The summed E-state index contributed by atoms with van der Waals surface area (Å²) in [5, 5.41) is 13.7. The minimum absolute atomic E-state index is 0.0337. The van der Waals surface area contributed by atoms with E-state index in [9.17, 15) is 19.6 Å². The van der Waals surface area contributed by atoms with Crippen molar-refractivity contribution in [2.24, 2.45) is 0 Å². The summed E-state index contributed by atoms with van der Waals surface area (Å²) in [7, 11) is 0. The summed E-state index contributed by atoms with van der Waals surface area (Å²) >= 11 is 0. The number of carbonyl (C=O) groups excluding carboxylic acids is 3. The van der Waals surface area contributed by atoms with Crippen molar-refractivity contribution in [3.63, 3.8) is 0 Å². The van der Waals surface area contributed by atoms with Crippen LogP contribution in [0.3, 0.4) is 0 Å². The standard InChI is InChI=1S/C20H17N3O4/c21-11-15-3-1-2-4-16(15)14-7-5-13(6-8-14)12-27-18(24)10-9-17-19(25)23-20(26)22-17/h1-8,17H,9-10,12H2,(H2,22,23,25,26)/t17-/m0/s1. The molecule has 2 aromatic rings. The van der Waals surface area contributed by atoms with Crippen LogP contribution in [0.15, 0.2) is 48.5 Å². The summed E-state index contributed by atoms with van der Waals surface area (Å²) in [6.07, 6.45) is 0.228. The first kappa shape index (κ1) is 18.1. The fourth-order valence-electron chi connectivity index (χ4n) is 2.77. The molecule has 1 heterocycles. The van der Waals surface area contributed by atoms with E-state index < -0.39 is 23.9 Å². The molecule has 1 aliphatic heterocycles. The average molecular weight is 363 g/mol. The van der Waals surface area contributed by atoms with Crippen LogP contribution in [0.2, 0.25) is 0 Å². The lowest BCUT2D eigenvalue weighted by atomic mass is 9.99. The van der Waals surface area contributed by atoms with E-state index in [0.717, 1.165) is 16.7 Å². The second-order valence-corrected chi connectivity index (χ2v) is 6.07. The number of ether oxygens (including phenoxy) is 1. The van der Waals surface area contributed by atoms with E-state index in [1.54, 1.807) is 6.07 Å². The van der Waals surface area contributed by atoms with Crippen molar-refractivity contribution < 1.29 is 19.1 Å². The zero-order chi connectivity index (χ0) is 19.2. The number of nitrogens with zero attached hydrogens (tertiary/aromatic N) is 1. The predicted octanol–water partition coefficient (Wildman–Crippen LogP) is 2.26. The van der Waals surface area contributed by atoms with Crippen molar-refractivity contribution in [3.05, 3.63) is 59.7 Å². The quantitative estimate of drug-likeness (QED) is 0.604. The highest BCUT2D eigenvalue weighted by Gasteiger charge is 2.29. The van der Waals surface area contributed by atoms with Gasteiger partial charge in [-0.25, -0.2) is 4.79 Å². The van der Waals surface area contributed by atoms with Crippen LogP contribution in [-0.4, -0.2) is 23.9 Å². The van der Waals surface area contributed by atoms with Crippen molar-refractivity contribution in [1.82, 2.24) is 10.6 Å². The third-order valence-electron chi connectivity index (χ3n) is 4.21. The molecule has 7 heteroatoms. The fraction of sp³-hybridized carbons (Fsp3) is 0.200. The first-order valence-electron chi connectivity index (χ1n) is 8.42. The summed E-state index contributed by atoms with van der Waals surface area (Å²) in [4.78, 5) is 34.2. The van der Waals surface area contributed by atoms with Crippen LogP contribution in [0.1, 0.15) is 24.0 Å². The molecule has 3 rings (SSSR count). The lowest BCUT2D eigenvalue weighted by molar-refractivity contribution is -0.145. The van der Waals surface area contributed by atoms with Crippen LogP contribution in [0.4, 0.5) is 4.79 Å². The van der Waals surface area contributed by atoms with E-state index in [2.05, 4.69) is 16.7 Å². The third-order valence-corrected chi connectivity index (χ3v) is 4.21. The van der Waals surface area contributed by atoms with E-state index in [1.165, 1.54) is 0 Å². The highest BCUT2D eigenvalue weighted by atomic mass is 16.5. The van der Waals surface area contributed by atoms with Crippen molar-refractivity contribution in [2.45, 2.75) is 25.5 Å². The van der Waals surface area contributed by atoms with Crippen molar-refractivity contribution in [3.8, 4) is 17.2 Å². The van der Waals surface area contributed by atoms with E-state index in [-0.39, 0.29) is 19.4 Å². The molecule has 0 spiro atoms. The normalized spacial score (nSPS) is 15.6. The molecule has 0 bridgehead atoms. The molecule has 0 aromatic heterocycles. The fourth-order valence-corrected chi connectivity index (χ4v) is 2.77. The maximum absolute atomic E-state index is 11.8. The molecule has 0 radical (unpaired) electrons. The second kappa shape index (κ2) is 8.15. The monoisotopic (exact) mass is 363 g/mol. The van der Waals surface area contributed by atoms with Gasteiger partial charge < -0.3 is 10.1 Å². The summed E-state index contributed by atoms with van der Waals surface area (Å²) in [5.74, 6) is -0.871. The van der Waals surface area contributed by atoms with E-state index in [0.29, 0.717) is 5.56 Å². The highest BCUT2D eigenvalue weighted by molar-refractivity contribution is 6.04. The molecule has 2 N–H and O–H groups in total. The van der Waals surface area contributed by atoms with Gasteiger partial charge in [-0.15, -0.1) is 0 Å². The molecular weight excluding hydrogens is 346 g/mol. The Bertz CT molecular complexity index is 916. The lowest BCUT2D eigenvalue weighted by Gasteiger charge is -2.09. The highest BCUT2D eigenvalue weighted by Crippen LogP contribution is 2.23. The van der Waals surface area contributed by atoms with Gasteiger partial charge in [-0.1, -0.05) is 42.5 Å². The van der Waals surface area contributed by atoms with Gasteiger partial charge in [0, 0.05) is 6.42 Å². The molecule has 7 nitrogen and oxygen atoms in total. The number of imide groups is 1. The van der Waals surface area contributed by atoms with Crippen LogP contribution >= 0.6 is 0 Å². The van der Waals surface area contributed by atoms with Crippen LogP contribution in [0, 0.1) is 11.3 Å². The van der Waals surface area contributed by atoms with E-state index in [4.69, 9.17) is 4.74 Å². The average Bonchev–Trinajstić information content (AvgIpc) is 3.02. The van der Waals surface area contributed by atoms with Gasteiger partial charge in [-0.05, 0) is 29.2 Å². The van der Waals surface area contributed by atoms with Crippen LogP contribution in [-0.2, 0) is 20.9 Å². The van der Waals surface area contributed by atoms with Crippen molar-refractivity contribution >= 4 is 17.9 Å². The molecule has 3 amide bonds. The zero-order valence-corrected chi connectivity index (χ0v) is 14.4. The number of urea groups is 1. The minimum atomic E-state index is -0.690. The lowest BCUT2D eigenvalue weighted by Crippen LogP contribution is -2.29.